The molecule has 0 aliphatic carbocycles. The van der Waals surface area contributed by atoms with Crippen LogP contribution in [0.15, 0.2) is 12.2 Å². The van der Waals surface area contributed by atoms with Gasteiger partial charge in [-0.1, -0.05) is 12.2 Å². The molecule has 0 amide bonds. The van der Waals surface area contributed by atoms with Gasteiger partial charge in [-0.25, -0.2) is 0 Å². The smallest absolute Gasteiger partial charge is 0.307 e. The molecule has 1 heterocycles. The molecule has 0 atom stereocenters. The highest BCUT2D eigenvalue weighted by Gasteiger charge is 2.17. The molecule has 0 unspecified atom stereocenters. The summed E-state index contributed by atoms with van der Waals surface area (Å²) in [7, 11) is 2.13. The first-order valence-electron chi connectivity index (χ1n) is 5.15. The molecule has 3 heteroatoms. The van der Waals surface area contributed by atoms with E-state index in [-0.39, 0.29) is 6.42 Å². The molecule has 0 aromatic carbocycles. The Morgan fingerprint density at radius 3 is 2.57 bits per heavy atom. The molecule has 0 spiro atoms. The van der Waals surface area contributed by atoms with E-state index in [0.29, 0.717) is 5.92 Å². The quantitative estimate of drug-likeness (QED) is 0.698. The van der Waals surface area contributed by atoms with Crippen molar-refractivity contribution in [3.63, 3.8) is 0 Å². The average molecular weight is 197 g/mol. The number of hydrogen-bond donors (Lipinski definition) is 1. The number of carbonyl (C=O) groups is 1. The first kappa shape index (κ1) is 11.2. The lowest BCUT2D eigenvalue weighted by Gasteiger charge is -2.29. The molecular formula is C11H19NO2. The molecular weight excluding hydrogens is 178 g/mol. The van der Waals surface area contributed by atoms with E-state index in [1.54, 1.807) is 0 Å². The van der Waals surface area contributed by atoms with E-state index in [1.807, 2.05) is 0 Å². The Morgan fingerprint density at radius 1 is 1.50 bits per heavy atom. The zero-order chi connectivity index (χ0) is 10.6. The van der Waals surface area contributed by atoms with E-state index in [4.69, 9.17) is 5.11 Å². The maximum atomic E-state index is 10.4. The molecule has 0 bridgehead atoms. The number of rotatable bonds is 4. The van der Waals surface area contributed by atoms with Crippen molar-refractivity contribution >= 4 is 5.97 Å². The van der Waals surface area contributed by atoms with Crippen LogP contribution >= 0.6 is 0 Å². The van der Waals surface area contributed by atoms with E-state index in [2.05, 4.69) is 18.5 Å². The van der Waals surface area contributed by atoms with Gasteiger partial charge in [0, 0.05) is 0 Å². The summed E-state index contributed by atoms with van der Waals surface area (Å²) in [6, 6.07) is 0. The summed E-state index contributed by atoms with van der Waals surface area (Å²) >= 11 is 0. The topological polar surface area (TPSA) is 40.5 Å². The third-order valence-electron chi connectivity index (χ3n) is 2.82. The van der Waals surface area contributed by atoms with Crippen LogP contribution in [0.25, 0.3) is 0 Å². The first-order valence-corrected chi connectivity index (χ1v) is 5.15. The van der Waals surface area contributed by atoms with E-state index in [9.17, 15) is 4.79 Å². The van der Waals surface area contributed by atoms with Crippen LogP contribution in [0.4, 0.5) is 0 Å². The van der Waals surface area contributed by atoms with Gasteiger partial charge in [0.2, 0.25) is 0 Å². The van der Waals surface area contributed by atoms with Crippen LogP contribution < -0.4 is 0 Å². The van der Waals surface area contributed by atoms with Gasteiger partial charge < -0.3 is 10.0 Å². The van der Waals surface area contributed by atoms with Crippen LogP contribution in [-0.2, 0) is 4.79 Å². The maximum absolute atomic E-state index is 10.4. The van der Waals surface area contributed by atoms with Crippen molar-refractivity contribution in [2.45, 2.75) is 25.7 Å². The van der Waals surface area contributed by atoms with Crippen molar-refractivity contribution in [3.8, 4) is 0 Å². The van der Waals surface area contributed by atoms with Gasteiger partial charge in [0.25, 0.3) is 0 Å². The Bertz CT molecular complexity index is 217. The summed E-state index contributed by atoms with van der Waals surface area (Å²) in [6.07, 6.45) is 3.37. The Morgan fingerprint density at radius 2 is 2.07 bits per heavy atom. The lowest BCUT2D eigenvalue weighted by atomic mass is 9.90. The summed E-state index contributed by atoms with van der Waals surface area (Å²) in [5, 5.41) is 8.59. The second-order valence-corrected chi connectivity index (χ2v) is 4.27. The third-order valence-corrected chi connectivity index (χ3v) is 2.82. The average Bonchev–Trinajstić information content (AvgIpc) is 2.07. The molecule has 1 fully saturated rings. The van der Waals surface area contributed by atoms with Crippen LogP contribution in [0.1, 0.15) is 25.7 Å². The predicted molar refractivity (Wildman–Crippen MR) is 56.2 cm³/mol. The highest BCUT2D eigenvalue weighted by atomic mass is 16.4. The number of piperidine rings is 1. The van der Waals surface area contributed by atoms with Gasteiger partial charge in [-0.2, -0.15) is 0 Å². The molecule has 3 nitrogen and oxygen atoms in total. The number of aliphatic carboxylic acids is 1. The summed E-state index contributed by atoms with van der Waals surface area (Å²) in [6.45, 7) is 6.07. The van der Waals surface area contributed by atoms with E-state index >= 15 is 0 Å². The molecule has 0 saturated carbocycles. The molecule has 14 heavy (non-hydrogen) atoms. The number of carboxylic acids is 1. The summed E-state index contributed by atoms with van der Waals surface area (Å²) in [5.41, 5.74) is 0.868. The Labute approximate surface area is 85.4 Å². The maximum Gasteiger partial charge on any atom is 0.307 e. The minimum atomic E-state index is -0.761. The summed E-state index contributed by atoms with van der Waals surface area (Å²) in [5.74, 6) is -0.110. The highest BCUT2D eigenvalue weighted by molar-refractivity contribution is 5.69. The van der Waals surface area contributed by atoms with Crippen molar-refractivity contribution in [2.75, 3.05) is 20.1 Å². The molecule has 1 saturated heterocycles. The fourth-order valence-corrected chi connectivity index (χ4v) is 1.96. The molecule has 0 radical (unpaired) electrons. The van der Waals surface area contributed by atoms with Gasteiger partial charge in [-0.05, 0) is 45.3 Å². The zero-order valence-corrected chi connectivity index (χ0v) is 8.83. The van der Waals surface area contributed by atoms with Gasteiger partial charge in [-0.3, -0.25) is 4.79 Å². The van der Waals surface area contributed by atoms with Crippen molar-refractivity contribution in [3.05, 3.63) is 12.2 Å². The van der Waals surface area contributed by atoms with Crippen LogP contribution in [0.3, 0.4) is 0 Å². The van der Waals surface area contributed by atoms with Crippen molar-refractivity contribution in [1.82, 2.24) is 4.90 Å². The number of carboxylic acid groups (broad SMARTS) is 1. The lowest BCUT2D eigenvalue weighted by Crippen LogP contribution is -2.30. The summed E-state index contributed by atoms with van der Waals surface area (Å²) < 4.78 is 0. The Kier molecular flexibility index (Phi) is 4.14. The van der Waals surface area contributed by atoms with Gasteiger partial charge in [0.1, 0.15) is 0 Å². The second-order valence-electron chi connectivity index (χ2n) is 4.27. The second kappa shape index (κ2) is 5.15. The van der Waals surface area contributed by atoms with E-state index < -0.39 is 5.97 Å². The van der Waals surface area contributed by atoms with E-state index in [1.165, 1.54) is 12.8 Å². The van der Waals surface area contributed by atoms with Crippen LogP contribution in [0.5, 0.6) is 0 Å². The van der Waals surface area contributed by atoms with Gasteiger partial charge in [-0.15, -0.1) is 0 Å². The molecule has 1 aliphatic heterocycles. The van der Waals surface area contributed by atoms with Crippen LogP contribution in [0, 0.1) is 5.92 Å². The normalized spacial score (nSPS) is 19.5. The van der Waals surface area contributed by atoms with Crippen molar-refractivity contribution in [2.24, 2.45) is 5.92 Å². The molecule has 0 aromatic rings. The molecule has 1 aliphatic rings. The highest BCUT2D eigenvalue weighted by Crippen LogP contribution is 2.23. The first-order chi connectivity index (χ1) is 6.58. The molecule has 80 valence electrons. The lowest BCUT2D eigenvalue weighted by molar-refractivity contribution is -0.136. The zero-order valence-electron chi connectivity index (χ0n) is 8.83. The SMILES string of the molecule is C=C(CC(=O)O)CC1CCN(C)CC1. The number of likely N-dealkylation sites (tertiary alicyclic amines) is 1. The number of hydrogen-bond acceptors (Lipinski definition) is 2. The number of nitrogens with zero attached hydrogens (tertiary/aromatic N) is 1. The monoisotopic (exact) mass is 197 g/mol. The van der Waals surface area contributed by atoms with Crippen molar-refractivity contribution < 1.29 is 9.90 Å². The van der Waals surface area contributed by atoms with E-state index in [0.717, 1.165) is 25.1 Å². The van der Waals surface area contributed by atoms with Gasteiger partial charge in [0.05, 0.1) is 6.42 Å². The van der Waals surface area contributed by atoms with Crippen LogP contribution in [0.2, 0.25) is 0 Å². The minimum Gasteiger partial charge on any atom is -0.481 e. The predicted octanol–water partition coefficient (Wildman–Crippen LogP) is 1.75. The van der Waals surface area contributed by atoms with Crippen LogP contribution in [-0.4, -0.2) is 36.1 Å². The third kappa shape index (κ3) is 3.92. The van der Waals surface area contributed by atoms with Crippen molar-refractivity contribution in [1.29, 1.82) is 0 Å². The fourth-order valence-electron chi connectivity index (χ4n) is 1.96. The largest absolute Gasteiger partial charge is 0.481 e. The Hall–Kier alpha value is -0.830. The summed E-state index contributed by atoms with van der Waals surface area (Å²) in [4.78, 5) is 12.8. The molecule has 1 rings (SSSR count). The minimum absolute atomic E-state index is 0.131. The molecule has 1 N–H and O–H groups in total. The Balaban J connectivity index is 2.24. The van der Waals surface area contributed by atoms with Gasteiger partial charge >= 0.3 is 5.97 Å². The standard InChI is InChI=1S/C11H19NO2/c1-9(8-11(13)14)7-10-3-5-12(2)6-4-10/h10H,1,3-8H2,2H3,(H,13,14). The molecule has 0 aromatic heterocycles. The fraction of sp³-hybridized carbons (Fsp3) is 0.727. The van der Waals surface area contributed by atoms with Gasteiger partial charge in [0.15, 0.2) is 0 Å².